The Hall–Kier alpha value is -1.65. The first kappa shape index (κ1) is 10.9. The van der Waals surface area contributed by atoms with Crippen LogP contribution in [-0.2, 0) is 4.79 Å². The summed E-state index contributed by atoms with van der Waals surface area (Å²) in [5.41, 5.74) is 1.90. The third-order valence-electron chi connectivity index (χ3n) is 2.67. The van der Waals surface area contributed by atoms with Gasteiger partial charge in [0.2, 0.25) is 5.95 Å². The molecule has 0 aliphatic carbocycles. The maximum Gasteiger partial charge on any atom is 0.303 e. The molecule has 2 rings (SSSR count). The van der Waals surface area contributed by atoms with Crippen molar-refractivity contribution < 1.29 is 9.90 Å². The molecule has 1 N–H and O–H groups in total. The summed E-state index contributed by atoms with van der Waals surface area (Å²) in [4.78, 5) is 21.2. The van der Waals surface area contributed by atoms with E-state index in [1.807, 2.05) is 24.8 Å². The van der Waals surface area contributed by atoms with Gasteiger partial charge in [0.25, 0.3) is 0 Å². The standard InChI is InChI=1S/C11H15N3O2/c1-7-3-8(2)13-11(12-7)14-5-9(6-14)4-10(15)16/h3,9H,4-6H2,1-2H3,(H,15,16). The van der Waals surface area contributed by atoms with Crippen LogP contribution in [0.25, 0.3) is 0 Å². The SMILES string of the molecule is Cc1cc(C)nc(N2CC(CC(=O)O)C2)n1. The topological polar surface area (TPSA) is 66.3 Å². The van der Waals surface area contributed by atoms with Gasteiger partial charge in [0.1, 0.15) is 0 Å². The predicted octanol–water partition coefficient (Wildman–Crippen LogP) is 1.00. The normalized spacial score (nSPS) is 16.0. The molecule has 1 aromatic rings. The van der Waals surface area contributed by atoms with Crippen LogP contribution < -0.4 is 4.90 Å². The van der Waals surface area contributed by atoms with E-state index in [4.69, 9.17) is 5.11 Å². The Morgan fingerprint density at radius 1 is 1.44 bits per heavy atom. The molecule has 86 valence electrons. The fourth-order valence-corrected chi connectivity index (χ4v) is 1.96. The minimum Gasteiger partial charge on any atom is -0.481 e. The Labute approximate surface area is 94.1 Å². The molecule has 0 amide bonds. The van der Waals surface area contributed by atoms with Gasteiger partial charge in [-0.15, -0.1) is 0 Å². The number of rotatable bonds is 3. The van der Waals surface area contributed by atoms with Crippen molar-refractivity contribution in [3.8, 4) is 0 Å². The van der Waals surface area contributed by atoms with Crippen molar-refractivity contribution in [2.24, 2.45) is 5.92 Å². The second-order valence-corrected chi connectivity index (χ2v) is 4.32. The minimum absolute atomic E-state index is 0.237. The van der Waals surface area contributed by atoms with Crippen molar-refractivity contribution >= 4 is 11.9 Å². The van der Waals surface area contributed by atoms with Crippen molar-refractivity contribution in [2.75, 3.05) is 18.0 Å². The maximum atomic E-state index is 10.5. The molecule has 1 fully saturated rings. The monoisotopic (exact) mass is 221 g/mol. The Balaban J connectivity index is 1.98. The lowest BCUT2D eigenvalue weighted by molar-refractivity contribution is -0.138. The van der Waals surface area contributed by atoms with Crippen molar-refractivity contribution in [2.45, 2.75) is 20.3 Å². The van der Waals surface area contributed by atoms with Gasteiger partial charge in [-0.3, -0.25) is 4.79 Å². The molecule has 0 radical (unpaired) electrons. The van der Waals surface area contributed by atoms with Gasteiger partial charge in [-0.1, -0.05) is 0 Å². The molecule has 1 aliphatic heterocycles. The molecule has 2 heterocycles. The molecule has 5 heteroatoms. The Morgan fingerprint density at radius 3 is 2.50 bits per heavy atom. The zero-order chi connectivity index (χ0) is 11.7. The first-order valence-electron chi connectivity index (χ1n) is 5.33. The fraction of sp³-hybridized carbons (Fsp3) is 0.545. The molecule has 0 aromatic carbocycles. The van der Waals surface area contributed by atoms with E-state index in [1.54, 1.807) is 0 Å². The van der Waals surface area contributed by atoms with E-state index in [9.17, 15) is 4.79 Å². The number of aromatic nitrogens is 2. The number of hydrogen-bond acceptors (Lipinski definition) is 4. The molecule has 0 bridgehead atoms. The van der Waals surface area contributed by atoms with Crippen molar-refractivity contribution in [3.05, 3.63) is 17.5 Å². The van der Waals surface area contributed by atoms with E-state index in [0.717, 1.165) is 30.4 Å². The van der Waals surface area contributed by atoms with Gasteiger partial charge >= 0.3 is 5.97 Å². The predicted molar refractivity (Wildman–Crippen MR) is 59.5 cm³/mol. The van der Waals surface area contributed by atoms with Crippen LogP contribution in [0.4, 0.5) is 5.95 Å². The zero-order valence-electron chi connectivity index (χ0n) is 9.47. The van der Waals surface area contributed by atoms with Crippen LogP contribution in [0.1, 0.15) is 17.8 Å². The highest BCUT2D eigenvalue weighted by Gasteiger charge is 2.30. The third-order valence-corrected chi connectivity index (χ3v) is 2.67. The molecule has 0 unspecified atom stereocenters. The highest BCUT2D eigenvalue weighted by atomic mass is 16.4. The zero-order valence-corrected chi connectivity index (χ0v) is 9.47. The summed E-state index contributed by atoms with van der Waals surface area (Å²) in [6.07, 6.45) is 0.237. The molecule has 1 aliphatic rings. The molecule has 0 atom stereocenters. The molecule has 1 aromatic heterocycles. The smallest absolute Gasteiger partial charge is 0.303 e. The van der Waals surface area contributed by atoms with Gasteiger partial charge in [-0.2, -0.15) is 0 Å². The second kappa shape index (κ2) is 4.08. The summed E-state index contributed by atoms with van der Waals surface area (Å²) in [7, 11) is 0. The fourth-order valence-electron chi connectivity index (χ4n) is 1.96. The molecule has 1 saturated heterocycles. The maximum absolute atomic E-state index is 10.5. The molecule has 5 nitrogen and oxygen atoms in total. The summed E-state index contributed by atoms with van der Waals surface area (Å²) in [5, 5.41) is 8.64. The van der Waals surface area contributed by atoms with E-state index in [1.165, 1.54) is 0 Å². The Kier molecular flexibility index (Phi) is 2.77. The van der Waals surface area contributed by atoms with Crippen LogP contribution in [0.5, 0.6) is 0 Å². The molecule has 0 spiro atoms. The van der Waals surface area contributed by atoms with E-state index >= 15 is 0 Å². The summed E-state index contributed by atoms with van der Waals surface area (Å²) in [5.74, 6) is 0.229. The van der Waals surface area contributed by atoms with Gasteiger partial charge in [0.15, 0.2) is 0 Å². The summed E-state index contributed by atoms with van der Waals surface area (Å²) in [6, 6.07) is 1.93. The van der Waals surface area contributed by atoms with E-state index in [0.29, 0.717) is 0 Å². The molecule has 0 saturated carbocycles. The van der Waals surface area contributed by atoms with Crippen molar-refractivity contribution in [3.63, 3.8) is 0 Å². The number of hydrogen-bond donors (Lipinski definition) is 1. The third kappa shape index (κ3) is 2.29. The number of carbonyl (C=O) groups is 1. The average molecular weight is 221 g/mol. The average Bonchev–Trinajstić information content (AvgIpc) is 2.08. The van der Waals surface area contributed by atoms with Gasteiger partial charge in [-0.05, 0) is 19.9 Å². The van der Waals surface area contributed by atoms with Crippen LogP contribution in [-0.4, -0.2) is 34.1 Å². The largest absolute Gasteiger partial charge is 0.481 e. The first-order valence-corrected chi connectivity index (χ1v) is 5.33. The van der Waals surface area contributed by atoms with Gasteiger partial charge in [0, 0.05) is 30.4 Å². The van der Waals surface area contributed by atoms with Crippen LogP contribution in [0.15, 0.2) is 6.07 Å². The number of carboxylic acids is 1. The highest BCUT2D eigenvalue weighted by Crippen LogP contribution is 2.23. The minimum atomic E-state index is -0.731. The molecular formula is C11H15N3O2. The van der Waals surface area contributed by atoms with Crippen molar-refractivity contribution in [1.82, 2.24) is 9.97 Å². The lowest BCUT2D eigenvalue weighted by Crippen LogP contribution is -2.48. The second-order valence-electron chi connectivity index (χ2n) is 4.32. The Morgan fingerprint density at radius 2 is 2.00 bits per heavy atom. The lowest BCUT2D eigenvalue weighted by atomic mass is 9.97. The van der Waals surface area contributed by atoms with E-state index in [-0.39, 0.29) is 12.3 Å². The van der Waals surface area contributed by atoms with Gasteiger partial charge in [-0.25, -0.2) is 9.97 Å². The van der Waals surface area contributed by atoms with Crippen LogP contribution in [0.2, 0.25) is 0 Å². The number of aliphatic carboxylic acids is 1. The summed E-state index contributed by atoms with van der Waals surface area (Å²) >= 11 is 0. The van der Waals surface area contributed by atoms with E-state index in [2.05, 4.69) is 9.97 Å². The first-order chi connectivity index (χ1) is 7.54. The Bertz CT molecular complexity index is 393. The lowest BCUT2D eigenvalue weighted by Gasteiger charge is -2.38. The van der Waals surface area contributed by atoms with Crippen LogP contribution in [0, 0.1) is 19.8 Å². The van der Waals surface area contributed by atoms with Crippen molar-refractivity contribution in [1.29, 1.82) is 0 Å². The van der Waals surface area contributed by atoms with Gasteiger partial charge in [0.05, 0.1) is 6.42 Å². The molecular weight excluding hydrogens is 206 g/mol. The summed E-state index contributed by atoms with van der Waals surface area (Å²) in [6.45, 7) is 5.36. The number of anilines is 1. The van der Waals surface area contributed by atoms with E-state index < -0.39 is 5.97 Å². The number of carboxylic acid groups (broad SMARTS) is 1. The highest BCUT2D eigenvalue weighted by molar-refractivity contribution is 5.67. The van der Waals surface area contributed by atoms with Gasteiger partial charge < -0.3 is 10.0 Å². The summed E-state index contributed by atoms with van der Waals surface area (Å²) < 4.78 is 0. The van der Waals surface area contributed by atoms with Crippen LogP contribution >= 0.6 is 0 Å². The molecule has 16 heavy (non-hydrogen) atoms. The van der Waals surface area contributed by atoms with Crippen LogP contribution in [0.3, 0.4) is 0 Å². The number of nitrogens with zero attached hydrogens (tertiary/aromatic N) is 3. The number of aryl methyl sites for hydroxylation is 2. The quantitative estimate of drug-likeness (QED) is 0.825.